The maximum absolute atomic E-state index is 13.0. The summed E-state index contributed by atoms with van der Waals surface area (Å²) in [5.74, 6) is -0.124. The number of nitrogens with zero attached hydrogens (tertiary/aromatic N) is 2. The van der Waals surface area contributed by atoms with Gasteiger partial charge < -0.3 is 10.0 Å². The van der Waals surface area contributed by atoms with Gasteiger partial charge in [-0.25, -0.2) is 8.42 Å². The van der Waals surface area contributed by atoms with E-state index in [9.17, 15) is 18.3 Å². The molecule has 2 aliphatic rings. The number of carbonyl (C=O) groups excluding carboxylic acids is 1. The lowest BCUT2D eigenvalue weighted by Gasteiger charge is -2.38. The van der Waals surface area contributed by atoms with Crippen LogP contribution in [0.2, 0.25) is 0 Å². The Morgan fingerprint density at radius 3 is 2.33 bits per heavy atom. The van der Waals surface area contributed by atoms with E-state index in [1.807, 2.05) is 0 Å². The highest BCUT2D eigenvalue weighted by atomic mass is 32.2. The Morgan fingerprint density at radius 2 is 1.67 bits per heavy atom. The molecular weight excluding hydrogens is 328 g/mol. The van der Waals surface area contributed by atoms with E-state index in [1.54, 1.807) is 35.2 Å². The Morgan fingerprint density at radius 1 is 1.00 bits per heavy atom. The molecule has 1 unspecified atom stereocenters. The van der Waals surface area contributed by atoms with Crippen LogP contribution in [0.25, 0.3) is 0 Å². The van der Waals surface area contributed by atoms with E-state index in [-0.39, 0.29) is 16.9 Å². The zero-order valence-electron chi connectivity index (χ0n) is 13.7. The Labute approximate surface area is 143 Å². The van der Waals surface area contributed by atoms with E-state index >= 15 is 0 Å². The molecule has 0 aliphatic carbocycles. The summed E-state index contributed by atoms with van der Waals surface area (Å²) in [7, 11) is -3.67. The second-order valence-electron chi connectivity index (χ2n) is 6.50. The fourth-order valence-corrected chi connectivity index (χ4v) is 5.14. The topological polar surface area (TPSA) is 77.9 Å². The maximum Gasteiger partial charge on any atom is 0.243 e. The number of aliphatic hydroxyl groups excluding tert-OH is 1. The van der Waals surface area contributed by atoms with Gasteiger partial charge in [-0.3, -0.25) is 4.79 Å². The third kappa shape index (κ3) is 3.48. The number of aliphatic hydroxyl groups is 1. The third-order valence-electron chi connectivity index (χ3n) is 4.86. The third-order valence-corrected chi connectivity index (χ3v) is 6.79. The first-order valence-electron chi connectivity index (χ1n) is 8.54. The number of piperidine rings is 2. The van der Waals surface area contributed by atoms with Crippen LogP contribution in [-0.4, -0.2) is 60.4 Å². The molecule has 1 amide bonds. The number of rotatable bonds is 3. The summed E-state index contributed by atoms with van der Waals surface area (Å²) in [5.41, 5.74) is 0. The number of hydrogen-bond acceptors (Lipinski definition) is 4. The molecule has 1 N–H and O–H groups in total. The van der Waals surface area contributed by atoms with E-state index in [4.69, 9.17) is 0 Å². The van der Waals surface area contributed by atoms with Crippen molar-refractivity contribution < 1.29 is 18.3 Å². The second-order valence-corrected chi connectivity index (χ2v) is 8.39. The molecule has 0 spiro atoms. The van der Waals surface area contributed by atoms with Crippen LogP contribution in [-0.2, 0) is 14.8 Å². The van der Waals surface area contributed by atoms with Crippen LogP contribution in [0.5, 0.6) is 0 Å². The molecular formula is C17H24N2O4S. The predicted molar refractivity (Wildman–Crippen MR) is 89.8 cm³/mol. The van der Waals surface area contributed by atoms with Gasteiger partial charge in [-0.1, -0.05) is 24.6 Å². The molecule has 6 nitrogen and oxygen atoms in total. The van der Waals surface area contributed by atoms with Crippen molar-refractivity contribution in [3.8, 4) is 0 Å². The molecule has 3 rings (SSSR count). The molecule has 7 heteroatoms. The van der Waals surface area contributed by atoms with E-state index in [0.717, 1.165) is 12.8 Å². The van der Waals surface area contributed by atoms with E-state index in [1.165, 1.54) is 4.31 Å². The van der Waals surface area contributed by atoms with Crippen molar-refractivity contribution in [3.05, 3.63) is 30.3 Å². The molecule has 2 saturated heterocycles. The standard InChI is InChI=1S/C17H24N2O4S/c20-14-9-12-18(13-10-14)17(21)16-8-4-5-11-19(16)24(22,23)15-6-2-1-3-7-15/h1-3,6-7,14,16,20H,4-5,8-13H2. The minimum atomic E-state index is -3.67. The molecule has 1 atom stereocenters. The van der Waals surface area contributed by atoms with Crippen molar-refractivity contribution in [2.24, 2.45) is 0 Å². The van der Waals surface area contributed by atoms with E-state index < -0.39 is 16.1 Å². The highest BCUT2D eigenvalue weighted by Crippen LogP contribution is 2.27. The smallest absolute Gasteiger partial charge is 0.243 e. The minimum Gasteiger partial charge on any atom is -0.393 e. The molecule has 2 aliphatic heterocycles. The highest BCUT2D eigenvalue weighted by Gasteiger charge is 2.39. The molecule has 2 heterocycles. The Hall–Kier alpha value is -1.44. The highest BCUT2D eigenvalue weighted by molar-refractivity contribution is 7.89. The number of amides is 1. The Bertz CT molecular complexity index is 669. The number of hydrogen-bond donors (Lipinski definition) is 1. The lowest BCUT2D eigenvalue weighted by Crippen LogP contribution is -2.54. The molecule has 24 heavy (non-hydrogen) atoms. The lowest BCUT2D eigenvalue weighted by molar-refractivity contribution is -0.138. The monoisotopic (exact) mass is 352 g/mol. The summed E-state index contributed by atoms with van der Waals surface area (Å²) in [6.07, 6.45) is 2.95. The first-order chi connectivity index (χ1) is 11.5. The van der Waals surface area contributed by atoms with Crippen molar-refractivity contribution in [2.75, 3.05) is 19.6 Å². The normalized spacial score (nSPS) is 24.0. The molecule has 1 aromatic rings. The summed E-state index contributed by atoms with van der Waals surface area (Å²) in [5, 5.41) is 9.60. The van der Waals surface area contributed by atoms with Crippen molar-refractivity contribution in [1.29, 1.82) is 0 Å². The van der Waals surface area contributed by atoms with Crippen molar-refractivity contribution in [3.63, 3.8) is 0 Å². The Balaban J connectivity index is 1.82. The van der Waals surface area contributed by atoms with Crippen LogP contribution >= 0.6 is 0 Å². The molecule has 0 aromatic heterocycles. The largest absolute Gasteiger partial charge is 0.393 e. The van der Waals surface area contributed by atoms with Gasteiger partial charge >= 0.3 is 0 Å². The van der Waals surface area contributed by atoms with Crippen molar-refractivity contribution in [1.82, 2.24) is 9.21 Å². The van der Waals surface area contributed by atoms with Crippen LogP contribution < -0.4 is 0 Å². The second kappa shape index (κ2) is 7.21. The first-order valence-corrected chi connectivity index (χ1v) is 9.98. The number of benzene rings is 1. The maximum atomic E-state index is 13.0. The fourth-order valence-electron chi connectivity index (χ4n) is 3.46. The van der Waals surface area contributed by atoms with Gasteiger partial charge in [-0.05, 0) is 37.8 Å². The van der Waals surface area contributed by atoms with E-state index in [0.29, 0.717) is 38.9 Å². The summed E-state index contributed by atoms with van der Waals surface area (Å²) < 4.78 is 27.3. The first kappa shape index (κ1) is 17.4. The summed E-state index contributed by atoms with van der Waals surface area (Å²) in [6, 6.07) is 7.68. The van der Waals surface area contributed by atoms with Gasteiger partial charge in [0.1, 0.15) is 6.04 Å². The van der Waals surface area contributed by atoms with Crippen LogP contribution in [0.4, 0.5) is 0 Å². The molecule has 0 bridgehead atoms. The van der Waals surface area contributed by atoms with Crippen molar-refractivity contribution in [2.45, 2.75) is 49.1 Å². The SMILES string of the molecule is O=C(C1CCCCN1S(=O)(=O)c1ccccc1)N1CCC(O)CC1. The number of likely N-dealkylation sites (tertiary alicyclic amines) is 1. The molecule has 2 fully saturated rings. The summed E-state index contributed by atoms with van der Waals surface area (Å²) >= 11 is 0. The quantitative estimate of drug-likeness (QED) is 0.887. The fraction of sp³-hybridized carbons (Fsp3) is 0.588. The molecule has 0 radical (unpaired) electrons. The van der Waals surface area contributed by atoms with Crippen LogP contribution in [0.15, 0.2) is 35.2 Å². The molecule has 1 aromatic carbocycles. The molecule has 0 saturated carbocycles. The number of carbonyl (C=O) groups is 1. The predicted octanol–water partition coefficient (Wildman–Crippen LogP) is 1.21. The minimum absolute atomic E-state index is 0.124. The average molecular weight is 352 g/mol. The summed E-state index contributed by atoms with van der Waals surface area (Å²) in [6.45, 7) is 1.37. The van der Waals surface area contributed by atoms with Crippen LogP contribution in [0.3, 0.4) is 0 Å². The van der Waals surface area contributed by atoms with E-state index in [2.05, 4.69) is 0 Å². The summed E-state index contributed by atoms with van der Waals surface area (Å²) in [4.78, 5) is 14.8. The lowest BCUT2D eigenvalue weighted by atomic mass is 10.0. The molecule has 132 valence electrons. The van der Waals surface area contributed by atoms with Crippen molar-refractivity contribution >= 4 is 15.9 Å². The van der Waals surface area contributed by atoms with Crippen LogP contribution in [0, 0.1) is 0 Å². The van der Waals surface area contributed by atoms with Gasteiger partial charge in [0.25, 0.3) is 0 Å². The van der Waals surface area contributed by atoms with Crippen LogP contribution in [0.1, 0.15) is 32.1 Å². The zero-order valence-corrected chi connectivity index (χ0v) is 14.5. The van der Waals surface area contributed by atoms with Gasteiger partial charge in [0.2, 0.25) is 15.9 Å². The van der Waals surface area contributed by atoms with Gasteiger partial charge in [-0.2, -0.15) is 4.31 Å². The number of sulfonamides is 1. The van der Waals surface area contributed by atoms with Gasteiger partial charge in [0.05, 0.1) is 11.0 Å². The van der Waals surface area contributed by atoms with Gasteiger partial charge in [0.15, 0.2) is 0 Å². The van der Waals surface area contributed by atoms with Gasteiger partial charge in [-0.15, -0.1) is 0 Å². The Kier molecular flexibility index (Phi) is 5.22. The average Bonchev–Trinajstić information content (AvgIpc) is 2.62. The van der Waals surface area contributed by atoms with Gasteiger partial charge in [0, 0.05) is 19.6 Å². The zero-order chi connectivity index (χ0) is 17.2.